The lowest BCUT2D eigenvalue weighted by molar-refractivity contribution is 0.151. The van der Waals surface area contributed by atoms with E-state index in [-0.39, 0.29) is 19.2 Å². The molecule has 1 aliphatic carbocycles. The second-order valence-electron chi connectivity index (χ2n) is 8.26. The van der Waals surface area contributed by atoms with Crippen LogP contribution in [0.3, 0.4) is 0 Å². The Labute approximate surface area is 181 Å². The van der Waals surface area contributed by atoms with Crippen molar-refractivity contribution in [1.82, 2.24) is 23.7 Å². The van der Waals surface area contributed by atoms with Gasteiger partial charge in [-0.1, -0.05) is 17.7 Å². The van der Waals surface area contributed by atoms with Gasteiger partial charge in [-0.25, -0.2) is 4.79 Å². The van der Waals surface area contributed by atoms with Crippen LogP contribution in [0.1, 0.15) is 18.5 Å². The zero-order chi connectivity index (χ0) is 21.9. The summed E-state index contributed by atoms with van der Waals surface area (Å²) in [5.41, 5.74) is 1.43. The number of aliphatic hydroxyl groups excluding tert-OH is 1. The quantitative estimate of drug-likeness (QED) is 0.436. The first-order valence-electron chi connectivity index (χ1n) is 10.2. The van der Waals surface area contributed by atoms with Crippen molar-refractivity contribution in [2.24, 2.45) is 20.0 Å². The number of aromatic nitrogens is 5. The van der Waals surface area contributed by atoms with E-state index in [4.69, 9.17) is 11.6 Å². The van der Waals surface area contributed by atoms with Gasteiger partial charge in [0, 0.05) is 48.4 Å². The van der Waals surface area contributed by atoms with E-state index in [1.54, 1.807) is 24.7 Å². The summed E-state index contributed by atoms with van der Waals surface area (Å²) in [4.78, 5) is 34.0. The maximum Gasteiger partial charge on any atom is 0.332 e. The van der Waals surface area contributed by atoms with E-state index in [0.717, 1.165) is 23.7 Å². The molecule has 0 unspecified atom stereocenters. The minimum atomic E-state index is -0.434. The number of rotatable bonds is 5. The number of aromatic amines is 1. The van der Waals surface area contributed by atoms with Crippen molar-refractivity contribution in [2.75, 3.05) is 11.9 Å². The van der Waals surface area contributed by atoms with Crippen molar-refractivity contribution in [3.63, 3.8) is 0 Å². The summed E-state index contributed by atoms with van der Waals surface area (Å²) in [5.74, 6) is 0.845. The highest BCUT2D eigenvalue weighted by Gasteiger charge is 2.30. The highest BCUT2D eigenvalue weighted by molar-refractivity contribution is 6.35. The Morgan fingerprint density at radius 3 is 2.74 bits per heavy atom. The number of hydrogen-bond acceptors (Lipinski definition) is 5. The third-order valence-corrected chi connectivity index (χ3v) is 6.51. The van der Waals surface area contributed by atoms with E-state index in [9.17, 15) is 14.7 Å². The van der Waals surface area contributed by atoms with Gasteiger partial charge in [-0.2, -0.15) is 4.98 Å². The van der Waals surface area contributed by atoms with E-state index in [1.165, 1.54) is 9.13 Å². The third kappa shape index (κ3) is 3.16. The molecule has 4 aromatic rings. The van der Waals surface area contributed by atoms with Crippen LogP contribution in [0.15, 0.2) is 33.9 Å². The van der Waals surface area contributed by atoms with Crippen molar-refractivity contribution < 1.29 is 5.11 Å². The molecule has 0 saturated heterocycles. The molecule has 31 heavy (non-hydrogen) atoms. The lowest BCUT2D eigenvalue weighted by Crippen LogP contribution is -2.40. The van der Waals surface area contributed by atoms with Gasteiger partial charge in [-0.05, 0) is 37.0 Å². The van der Waals surface area contributed by atoms with E-state index >= 15 is 0 Å². The first-order chi connectivity index (χ1) is 14.9. The zero-order valence-corrected chi connectivity index (χ0v) is 18.0. The van der Waals surface area contributed by atoms with Crippen molar-refractivity contribution >= 4 is 39.6 Å². The fourth-order valence-electron chi connectivity index (χ4n) is 4.33. The Bertz CT molecular complexity index is 1420. The van der Waals surface area contributed by atoms with Gasteiger partial charge in [0.15, 0.2) is 11.2 Å². The van der Waals surface area contributed by atoms with Crippen LogP contribution in [0.2, 0.25) is 5.02 Å². The number of aliphatic hydroxyl groups is 1. The van der Waals surface area contributed by atoms with Gasteiger partial charge in [-0.3, -0.25) is 13.9 Å². The molecule has 0 atom stereocenters. The third-order valence-electron chi connectivity index (χ3n) is 6.18. The van der Waals surface area contributed by atoms with Gasteiger partial charge in [0.1, 0.15) is 0 Å². The number of benzene rings is 1. The molecule has 9 nitrogen and oxygen atoms in total. The second-order valence-corrected chi connectivity index (χ2v) is 8.66. The Morgan fingerprint density at radius 2 is 2.03 bits per heavy atom. The largest absolute Gasteiger partial charge is 0.396 e. The summed E-state index contributed by atoms with van der Waals surface area (Å²) in [6.07, 6.45) is 1.71. The second kappa shape index (κ2) is 7.28. The van der Waals surface area contributed by atoms with Gasteiger partial charge in [-0.15, -0.1) is 0 Å². The summed E-state index contributed by atoms with van der Waals surface area (Å²) >= 11 is 6.25. The van der Waals surface area contributed by atoms with E-state index in [0.29, 0.717) is 33.7 Å². The molecule has 3 heterocycles. The SMILES string of the molecule is Cn1c(NC2CC(CO)C2)nc2c1c(=O)n(Cc1cc3c(Cl)cccc3[nH]1)c(=O)n2C. The van der Waals surface area contributed by atoms with Gasteiger partial charge in [0.25, 0.3) is 5.56 Å². The monoisotopic (exact) mass is 442 g/mol. The van der Waals surface area contributed by atoms with E-state index in [2.05, 4.69) is 15.3 Å². The predicted molar refractivity (Wildman–Crippen MR) is 120 cm³/mol. The van der Waals surface area contributed by atoms with Gasteiger partial charge < -0.3 is 20.0 Å². The molecule has 10 heteroatoms. The molecule has 0 spiro atoms. The highest BCUT2D eigenvalue weighted by Crippen LogP contribution is 2.30. The molecule has 1 saturated carbocycles. The number of fused-ring (bicyclic) bond motifs is 2. The van der Waals surface area contributed by atoms with Crippen LogP contribution in [0, 0.1) is 5.92 Å². The average Bonchev–Trinajstić information content (AvgIpc) is 3.28. The maximum atomic E-state index is 13.3. The summed E-state index contributed by atoms with van der Waals surface area (Å²) in [6, 6.07) is 7.60. The standard InChI is InChI=1S/C21H23ClN6O3/c1-26-17-18(25-20(26)24-12-6-11(7-12)10-29)27(2)21(31)28(19(17)30)9-13-8-14-15(22)4-3-5-16(14)23-13/h3-5,8,11-12,23,29H,6-7,9-10H2,1-2H3,(H,24,25). The Kier molecular flexibility index (Phi) is 4.67. The number of nitrogens with one attached hydrogen (secondary N) is 2. The summed E-state index contributed by atoms with van der Waals surface area (Å²) in [5, 5.41) is 14.0. The molecule has 0 radical (unpaired) electrons. The fraction of sp³-hybridized carbons (Fsp3) is 0.381. The summed E-state index contributed by atoms with van der Waals surface area (Å²) in [7, 11) is 3.38. The predicted octanol–water partition coefficient (Wildman–Crippen LogP) is 1.80. The first-order valence-corrected chi connectivity index (χ1v) is 10.5. The van der Waals surface area contributed by atoms with Crippen molar-refractivity contribution in [3.8, 4) is 0 Å². The number of halogens is 1. The van der Waals surface area contributed by atoms with Crippen LogP contribution < -0.4 is 16.6 Å². The molecule has 5 rings (SSSR count). The molecule has 0 bridgehead atoms. The lowest BCUT2D eigenvalue weighted by Gasteiger charge is -2.34. The first kappa shape index (κ1) is 19.9. The molecular weight excluding hydrogens is 420 g/mol. The molecule has 3 N–H and O–H groups in total. The molecule has 162 valence electrons. The normalized spacial score (nSPS) is 18.6. The van der Waals surface area contributed by atoms with Crippen molar-refractivity contribution in [3.05, 3.63) is 55.8 Å². The Morgan fingerprint density at radius 1 is 1.26 bits per heavy atom. The Hall–Kier alpha value is -3.04. The van der Waals surface area contributed by atoms with Crippen LogP contribution in [-0.4, -0.2) is 41.4 Å². The molecule has 0 aliphatic heterocycles. The minimum Gasteiger partial charge on any atom is -0.396 e. The molecule has 1 aromatic carbocycles. The number of aryl methyl sites for hydroxylation is 2. The average molecular weight is 443 g/mol. The zero-order valence-electron chi connectivity index (χ0n) is 17.2. The summed E-state index contributed by atoms with van der Waals surface area (Å²) < 4.78 is 4.30. The number of imidazole rings is 1. The van der Waals surface area contributed by atoms with Crippen molar-refractivity contribution in [1.29, 1.82) is 0 Å². The summed E-state index contributed by atoms with van der Waals surface area (Å²) in [6.45, 7) is 0.278. The van der Waals surface area contributed by atoms with Crippen molar-refractivity contribution in [2.45, 2.75) is 25.4 Å². The number of H-pyrrole nitrogens is 1. The maximum absolute atomic E-state index is 13.3. The lowest BCUT2D eigenvalue weighted by atomic mass is 9.81. The topological polar surface area (TPSA) is 110 Å². The van der Waals surface area contributed by atoms with Crippen LogP contribution in [0.25, 0.3) is 22.1 Å². The highest BCUT2D eigenvalue weighted by atomic mass is 35.5. The van der Waals surface area contributed by atoms with E-state index in [1.807, 2.05) is 18.2 Å². The van der Waals surface area contributed by atoms with Crippen LogP contribution in [0.5, 0.6) is 0 Å². The number of hydrogen-bond donors (Lipinski definition) is 3. The smallest absolute Gasteiger partial charge is 0.332 e. The molecule has 3 aromatic heterocycles. The molecule has 1 fully saturated rings. The van der Waals surface area contributed by atoms with Crippen LogP contribution in [0.4, 0.5) is 5.95 Å². The fourth-order valence-corrected chi connectivity index (χ4v) is 4.56. The van der Waals surface area contributed by atoms with Gasteiger partial charge >= 0.3 is 5.69 Å². The number of anilines is 1. The minimum absolute atomic E-state index is 0.0984. The van der Waals surface area contributed by atoms with Crippen LogP contribution >= 0.6 is 11.6 Å². The van der Waals surface area contributed by atoms with Gasteiger partial charge in [0.2, 0.25) is 5.95 Å². The molecule has 0 amide bonds. The Balaban J connectivity index is 1.55. The molecule has 1 aliphatic rings. The van der Waals surface area contributed by atoms with Gasteiger partial charge in [0.05, 0.1) is 6.54 Å². The van der Waals surface area contributed by atoms with E-state index < -0.39 is 11.2 Å². The molecular formula is C21H23ClN6O3. The number of nitrogens with zero attached hydrogens (tertiary/aromatic N) is 4. The van der Waals surface area contributed by atoms with Crippen LogP contribution in [-0.2, 0) is 20.6 Å².